The first kappa shape index (κ1) is 21.5. The molecule has 1 aromatic heterocycles. The van der Waals surface area contributed by atoms with Crippen LogP contribution in [0.5, 0.6) is 0 Å². The van der Waals surface area contributed by atoms with Gasteiger partial charge in [0.15, 0.2) is 5.96 Å². The number of carbonyl (C=O) groups excluding carboxylic acids is 1. The van der Waals surface area contributed by atoms with Gasteiger partial charge in [0.2, 0.25) is 5.91 Å². The summed E-state index contributed by atoms with van der Waals surface area (Å²) < 4.78 is 29.1. The van der Waals surface area contributed by atoms with Gasteiger partial charge in [-0.25, -0.2) is 13.8 Å². The van der Waals surface area contributed by atoms with E-state index in [9.17, 15) is 13.6 Å². The average Bonchev–Trinajstić information content (AvgIpc) is 3.35. The normalized spacial score (nSPS) is 26.8. The van der Waals surface area contributed by atoms with Crippen molar-refractivity contribution in [1.82, 2.24) is 14.7 Å². The lowest BCUT2D eigenvalue weighted by Crippen LogP contribution is -2.57. The van der Waals surface area contributed by atoms with Gasteiger partial charge in [0.1, 0.15) is 0 Å². The topological polar surface area (TPSA) is 76.5 Å². The van der Waals surface area contributed by atoms with Gasteiger partial charge in [-0.3, -0.25) is 14.4 Å². The molecule has 3 atom stereocenters. The number of amides is 1. The number of benzene rings is 1. The molecule has 164 valence electrons. The number of aryl methyl sites for hydroxylation is 1. The predicted molar refractivity (Wildman–Crippen MR) is 119 cm³/mol. The maximum Gasteiger partial charge on any atom is 0.270 e. The van der Waals surface area contributed by atoms with Crippen molar-refractivity contribution in [2.24, 2.45) is 17.8 Å². The summed E-state index contributed by atoms with van der Waals surface area (Å²) in [6.45, 7) is 2.78. The van der Waals surface area contributed by atoms with Crippen LogP contribution in [0, 0.1) is 0 Å². The Morgan fingerprint density at radius 3 is 2.52 bits per heavy atom. The number of hydrogen-bond acceptors (Lipinski definition) is 5. The molecule has 2 aliphatic heterocycles. The number of hydrogen-bond donors (Lipinski definition) is 1. The monoisotopic (exact) mass is 445 g/mol. The second-order valence-electron chi connectivity index (χ2n) is 8.41. The summed E-state index contributed by atoms with van der Waals surface area (Å²) in [6.07, 6.45) is 4.47. The highest BCUT2D eigenvalue weighted by Gasteiger charge is 2.51. The van der Waals surface area contributed by atoms with Gasteiger partial charge in [-0.05, 0) is 29.9 Å². The van der Waals surface area contributed by atoms with E-state index < -0.39 is 17.4 Å². The molecule has 4 rings (SSSR count). The Morgan fingerprint density at radius 2 is 1.94 bits per heavy atom. The van der Waals surface area contributed by atoms with Crippen molar-refractivity contribution in [3.63, 3.8) is 0 Å². The van der Waals surface area contributed by atoms with Crippen LogP contribution in [-0.2, 0) is 17.8 Å². The van der Waals surface area contributed by atoms with Crippen LogP contribution >= 0.6 is 11.8 Å². The van der Waals surface area contributed by atoms with Crippen LogP contribution in [0.2, 0.25) is 0 Å². The zero-order valence-electron chi connectivity index (χ0n) is 17.8. The van der Waals surface area contributed by atoms with E-state index in [1.807, 2.05) is 26.4 Å². The standard InChI is InChI=1S/C22H25F2N5OS/c1-21(17-9-14(12-31-17)15-10-26-28(3)11-15)18(19(30)29(4)20(25)27-21)13-5-7-16(8-6-13)22(2,23)24/h5-8,10-12,17-18H,9H2,1-4H3,(H2,25,27)/t17?,18?,21-/m1/s1. The first-order valence-corrected chi connectivity index (χ1v) is 10.9. The molecule has 3 heterocycles. The molecular formula is C22H25F2N5OS. The minimum Gasteiger partial charge on any atom is -0.369 e. The zero-order valence-corrected chi connectivity index (χ0v) is 18.7. The number of guanidine groups is 1. The molecular weight excluding hydrogens is 420 g/mol. The third-order valence-electron chi connectivity index (χ3n) is 6.12. The highest BCUT2D eigenvalue weighted by molar-refractivity contribution is 8.03. The van der Waals surface area contributed by atoms with E-state index in [1.165, 1.54) is 17.0 Å². The van der Waals surface area contributed by atoms with E-state index in [-0.39, 0.29) is 22.7 Å². The first-order chi connectivity index (χ1) is 14.5. The maximum absolute atomic E-state index is 13.7. The molecule has 9 heteroatoms. The molecule has 2 unspecified atom stereocenters. The van der Waals surface area contributed by atoms with E-state index in [1.54, 1.807) is 35.6 Å². The molecule has 0 saturated heterocycles. The summed E-state index contributed by atoms with van der Waals surface area (Å²) >= 11 is 1.62. The lowest BCUT2D eigenvalue weighted by atomic mass is 9.74. The van der Waals surface area contributed by atoms with Gasteiger partial charge in [-0.15, -0.1) is 11.8 Å². The first-order valence-electron chi connectivity index (χ1n) is 9.95. The molecule has 1 amide bonds. The van der Waals surface area contributed by atoms with Gasteiger partial charge < -0.3 is 5.73 Å². The lowest BCUT2D eigenvalue weighted by Gasteiger charge is -2.43. The number of carbonyl (C=O) groups is 1. The SMILES string of the molecule is CN1C(=O)C(c2ccc(C(C)(F)F)cc2)[C@@](C)(C2CC(c3cnn(C)c3)=CS2)N=C1N. The summed E-state index contributed by atoms with van der Waals surface area (Å²) in [5.41, 5.74) is 7.98. The van der Waals surface area contributed by atoms with E-state index in [2.05, 4.69) is 10.5 Å². The Labute approximate surface area is 184 Å². The molecule has 6 nitrogen and oxygen atoms in total. The Hall–Kier alpha value is -2.68. The summed E-state index contributed by atoms with van der Waals surface area (Å²) in [7, 11) is 3.45. The Morgan fingerprint density at radius 1 is 1.26 bits per heavy atom. The van der Waals surface area contributed by atoms with Crippen molar-refractivity contribution in [2.75, 3.05) is 7.05 Å². The van der Waals surface area contributed by atoms with E-state index in [0.29, 0.717) is 12.0 Å². The van der Waals surface area contributed by atoms with Gasteiger partial charge in [0, 0.05) is 43.6 Å². The lowest BCUT2D eigenvalue weighted by molar-refractivity contribution is -0.130. The maximum atomic E-state index is 13.7. The number of halogens is 2. The van der Waals surface area contributed by atoms with E-state index in [4.69, 9.17) is 10.7 Å². The zero-order chi connectivity index (χ0) is 22.6. The summed E-state index contributed by atoms with van der Waals surface area (Å²) in [6, 6.07) is 5.97. The molecule has 2 aromatic rings. The smallest absolute Gasteiger partial charge is 0.270 e. The van der Waals surface area contributed by atoms with Crippen molar-refractivity contribution in [2.45, 2.75) is 42.9 Å². The number of aromatic nitrogens is 2. The van der Waals surface area contributed by atoms with Gasteiger partial charge in [0.05, 0.1) is 17.7 Å². The molecule has 0 saturated carbocycles. The fourth-order valence-electron chi connectivity index (χ4n) is 4.23. The number of likely N-dealkylation sites (N-methyl/N-ethyl adjacent to an activating group) is 1. The number of alkyl halides is 2. The highest BCUT2D eigenvalue weighted by Crippen LogP contribution is 2.50. The highest BCUT2D eigenvalue weighted by atomic mass is 32.2. The van der Waals surface area contributed by atoms with Crippen molar-refractivity contribution in [3.8, 4) is 0 Å². The van der Waals surface area contributed by atoms with Crippen molar-refractivity contribution in [3.05, 3.63) is 58.8 Å². The fourth-order valence-corrected chi connectivity index (χ4v) is 5.53. The number of nitrogens with two attached hydrogens (primary N) is 1. The predicted octanol–water partition coefficient (Wildman–Crippen LogP) is 3.71. The largest absolute Gasteiger partial charge is 0.369 e. The third-order valence-corrected chi connectivity index (χ3v) is 7.51. The van der Waals surface area contributed by atoms with Gasteiger partial charge in [-0.2, -0.15) is 5.10 Å². The van der Waals surface area contributed by atoms with Crippen LogP contribution in [0.15, 0.2) is 47.1 Å². The van der Waals surface area contributed by atoms with Gasteiger partial charge in [-0.1, -0.05) is 24.3 Å². The van der Waals surface area contributed by atoms with Crippen LogP contribution in [0.3, 0.4) is 0 Å². The Kier molecular flexibility index (Phi) is 5.20. The second-order valence-corrected chi connectivity index (χ2v) is 9.49. The summed E-state index contributed by atoms with van der Waals surface area (Å²) in [4.78, 5) is 19.4. The fraction of sp³-hybridized carbons (Fsp3) is 0.409. The summed E-state index contributed by atoms with van der Waals surface area (Å²) in [5.74, 6) is -3.61. The number of thioether (sulfide) groups is 1. The molecule has 0 aliphatic carbocycles. The molecule has 1 aromatic carbocycles. The molecule has 31 heavy (non-hydrogen) atoms. The van der Waals surface area contributed by atoms with Gasteiger partial charge >= 0.3 is 0 Å². The van der Waals surface area contributed by atoms with Crippen LogP contribution in [0.25, 0.3) is 5.57 Å². The molecule has 0 bridgehead atoms. The van der Waals surface area contributed by atoms with Crippen LogP contribution in [-0.4, -0.2) is 44.4 Å². The van der Waals surface area contributed by atoms with Crippen molar-refractivity contribution >= 4 is 29.2 Å². The Bertz CT molecular complexity index is 1070. The van der Waals surface area contributed by atoms with Crippen LogP contribution < -0.4 is 5.73 Å². The minimum atomic E-state index is -2.94. The number of nitrogens with zero attached hydrogens (tertiary/aromatic N) is 4. The molecule has 2 aliphatic rings. The van der Waals surface area contributed by atoms with Crippen molar-refractivity contribution in [1.29, 1.82) is 0 Å². The van der Waals surface area contributed by atoms with Gasteiger partial charge in [0.25, 0.3) is 5.92 Å². The average molecular weight is 446 g/mol. The van der Waals surface area contributed by atoms with E-state index >= 15 is 0 Å². The van der Waals surface area contributed by atoms with Crippen LogP contribution in [0.4, 0.5) is 8.78 Å². The quantitative estimate of drug-likeness (QED) is 0.779. The van der Waals surface area contributed by atoms with Crippen LogP contribution in [0.1, 0.15) is 42.9 Å². The molecule has 0 spiro atoms. The van der Waals surface area contributed by atoms with Crippen molar-refractivity contribution < 1.29 is 13.6 Å². The molecule has 2 N–H and O–H groups in total. The summed E-state index contributed by atoms with van der Waals surface area (Å²) in [5, 5.41) is 6.28. The molecule has 0 fully saturated rings. The minimum absolute atomic E-state index is 0.0452. The number of aliphatic imine (C=N–C) groups is 1. The second kappa shape index (κ2) is 7.47. The molecule has 0 radical (unpaired) electrons. The number of rotatable bonds is 4. The third kappa shape index (κ3) is 3.75. The number of allylic oxidation sites excluding steroid dienone is 1. The Balaban J connectivity index is 1.70. The van der Waals surface area contributed by atoms with E-state index in [0.717, 1.165) is 18.1 Å².